The van der Waals surface area contributed by atoms with E-state index in [9.17, 15) is 8.42 Å². The number of oxazole rings is 1. The van der Waals surface area contributed by atoms with Gasteiger partial charge in [0.25, 0.3) is 0 Å². The zero-order chi connectivity index (χ0) is 19.7. The van der Waals surface area contributed by atoms with E-state index in [1.807, 2.05) is 36.4 Å². The number of hydrogen-bond donors (Lipinski definition) is 1. The molecule has 0 bridgehead atoms. The van der Waals surface area contributed by atoms with Crippen molar-refractivity contribution in [3.63, 3.8) is 0 Å². The number of hydrogen-bond acceptors (Lipinski definition) is 5. The SMILES string of the molecule is NS(=O)(=O)c1ccccc1-c1oc(Cc2ccccc2)nc1-c1ccc(Cl)s1. The molecule has 0 fully saturated rings. The molecule has 0 spiro atoms. The fourth-order valence-corrected chi connectivity index (χ4v) is 4.67. The largest absolute Gasteiger partial charge is 0.440 e. The lowest BCUT2D eigenvalue weighted by atomic mass is 10.1. The second-order valence-corrected chi connectivity index (χ2v) is 9.34. The van der Waals surface area contributed by atoms with E-state index in [0.717, 1.165) is 10.4 Å². The Kier molecular flexibility index (Phi) is 5.07. The van der Waals surface area contributed by atoms with Crippen LogP contribution in [0.3, 0.4) is 0 Å². The van der Waals surface area contributed by atoms with Gasteiger partial charge in [-0.25, -0.2) is 18.5 Å². The van der Waals surface area contributed by atoms with Crippen LogP contribution in [0.4, 0.5) is 0 Å². The highest BCUT2D eigenvalue weighted by Gasteiger charge is 2.24. The minimum absolute atomic E-state index is 0.0127. The van der Waals surface area contributed by atoms with E-state index in [2.05, 4.69) is 4.98 Å². The summed E-state index contributed by atoms with van der Waals surface area (Å²) in [6.07, 6.45) is 0.477. The maximum Gasteiger partial charge on any atom is 0.238 e. The van der Waals surface area contributed by atoms with Crippen LogP contribution in [0.15, 0.2) is 76.0 Å². The third kappa shape index (κ3) is 3.88. The van der Waals surface area contributed by atoms with E-state index in [4.69, 9.17) is 21.2 Å². The zero-order valence-corrected chi connectivity index (χ0v) is 16.9. The smallest absolute Gasteiger partial charge is 0.238 e. The molecule has 0 saturated heterocycles. The average molecular weight is 431 g/mol. The Labute approximate surface area is 171 Å². The van der Waals surface area contributed by atoms with Crippen molar-refractivity contribution in [1.82, 2.24) is 4.98 Å². The number of thiophene rings is 1. The van der Waals surface area contributed by atoms with Crippen LogP contribution in [0.1, 0.15) is 11.5 Å². The number of primary sulfonamides is 1. The highest BCUT2D eigenvalue weighted by Crippen LogP contribution is 2.40. The first kappa shape index (κ1) is 18.9. The number of sulfonamides is 1. The normalized spacial score (nSPS) is 11.6. The second-order valence-electron chi connectivity index (χ2n) is 6.09. The summed E-state index contributed by atoms with van der Waals surface area (Å²) in [7, 11) is -3.94. The van der Waals surface area contributed by atoms with Gasteiger partial charge in [-0.2, -0.15) is 0 Å². The Balaban J connectivity index is 1.89. The van der Waals surface area contributed by atoms with E-state index in [1.165, 1.54) is 17.4 Å². The average Bonchev–Trinajstić information content (AvgIpc) is 3.28. The van der Waals surface area contributed by atoms with Crippen molar-refractivity contribution in [2.24, 2.45) is 5.14 Å². The fraction of sp³-hybridized carbons (Fsp3) is 0.0500. The van der Waals surface area contributed by atoms with Gasteiger partial charge in [-0.3, -0.25) is 0 Å². The summed E-state index contributed by atoms with van der Waals surface area (Å²) >= 11 is 7.44. The first-order chi connectivity index (χ1) is 13.4. The number of rotatable bonds is 5. The molecule has 0 atom stereocenters. The molecule has 28 heavy (non-hydrogen) atoms. The number of nitrogens with zero attached hydrogens (tertiary/aromatic N) is 1. The molecule has 8 heteroatoms. The number of nitrogens with two attached hydrogens (primary N) is 1. The van der Waals surface area contributed by atoms with E-state index in [0.29, 0.717) is 33.7 Å². The molecule has 142 valence electrons. The summed E-state index contributed by atoms with van der Waals surface area (Å²) in [4.78, 5) is 5.41. The van der Waals surface area contributed by atoms with Crippen molar-refractivity contribution >= 4 is 33.0 Å². The lowest BCUT2D eigenvalue weighted by Crippen LogP contribution is -2.13. The van der Waals surface area contributed by atoms with E-state index in [1.54, 1.807) is 24.3 Å². The van der Waals surface area contributed by atoms with Gasteiger partial charge in [-0.05, 0) is 29.8 Å². The van der Waals surface area contributed by atoms with Crippen LogP contribution in [0, 0.1) is 0 Å². The van der Waals surface area contributed by atoms with Crippen molar-refractivity contribution < 1.29 is 12.8 Å². The topological polar surface area (TPSA) is 86.2 Å². The van der Waals surface area contributed by atoms with Crippen molar-refractivity contribution in [1.29, 1.82) is 0 Å². The van der Waals surface area contributed by atoms with Gasteiger partial charge in [0.2, 0.25) is 10.0 Å². The van der Waals surface area contributed by atoms with Gasteiger partial charge in [-0.1, -0.05) is 54.1 Å². The summed E-state index contributed by atoms with van der Waals surface area (Å²) < 4.78 is 30.8. The molecule has 0 unspecified atom stereocenters. The second kappa shape index (κ2) is 7.52. The standard InChI is InChI=1S/C20H15ClN2O3S2/c21-17-11-10-15(27-17)19-20(14-8-4-5-9-16(14)28(22,24)25)26-18(23-19)12-13-6-2-1-3-7-13/h1-11H,12H2,(H2,22,24,25). The maximum absolute atomic E-state index is 12.1. The molecule has 0 aliphatic heterocycles. The molecular formula is C20H15ClN2O3S2. The predicted molar refractivity (Wildman–Crippen MR) is 111 cm³/mol. The number of halogens is 1. The van der Waals surface area contributed by atoms with Crippen LogP contribution in [0.2, 0.25) is 4.34 Å². The highest BCUT2D eigenvalue weighted by atomic mass is 35.5. The summed E-state index contributed by atoms with van der Waals surface area (Å²) in [5, 5.41) is 5.41. The van der Waals surface area contributed by atoms with Gasteiger partial charge in [0, 0.05) is 12.0 Å². The number of benzene rings is 2. The van der Waals surface area contributed by atoms with Crippen LogP contribution < -0.4 is 5.14 Å². The van der Waals surface area contributed by atoms with Gasteiger partial charge >= 0.3 is 0 Å². The Hall–Kier alpha value is -2.45. The van der Waals surface area contributed by atoms with Crippen molar-refractivity contribution in [3.05, 3.63) is 82.5 Å². The van der Waals surface area contributed by atoms with Gasteiger partial charge < -0.3 is 4.42 Å². The monoisotopic (exact) mass is 430 g/mol. The van der Waals surface area contributed by atoms with Crippen molar-refractivity contribution in [3.8, 4) is 21.9 Å². The summed E-state index contributed by atoms with van der Waals surface area (Å²) in [5.41, 5.74) is 1.95. The Bertz CT molecular complexity index is 1230. The molecule has 4 aromatic rings. The Morgan fingerprint density at radius 3 is 2.39 bits per heavy atom. The summed E-state index contributed by atoms with van der Waals surface area (Å²) in [6, 6.07) is 19.8. The van der Waals surface area contributed by atoms with Gasteiger partial charge in [0.05, 0.1) is 14.1 Å². The maximum atomic E-state index is 12.1. The van der Waals surface area contributed by atoms with Crippen LogP contribution in [0.25, 0.3) is 21.9 Å². The van der Waals surface area contributed by atoms with Gasteiger partial charge in [0.15, 0.2) is 11.7 Å². The van der Waals surface area contributed by atoms with Gasteiger partial charge in [-0.15, -0.1) is 11.3 Å². The zero-order valence-electron chi connectivity index (χ0n) is 14.5. The third-order valence-electron chi connectivity index (χ3n) is 4.11. The molecule has 2 aromatic heterocycles. The molecule has 0 saturated carbocycles. The fourth-order valence-electron chi connectivity index (χ4n) is 2.90. The lowest BCUT2D eigenvalue weighted by Gasteiger charge is -2.06. The van der Waals surface area contributed by atoms with E-state index >= 15 is 0 Å². The highest BCUT2D eigenvalue weighted by molar-refractivity contribution is 7.89. The minimum Gasteiger partial charge on any atom is -0.440 e. The molecule has 0 radical (unpaired) electrons. The van der Waals surface area contributed by atoms with E-state index < -0.39 is 10.0 Å². The van der Waals surface area contributed by atoms with Crippen LogP contribution >= 0.6 is 22.9 Å². The molecule has 0 aliphatic carbocycles. The molecular weight excluding hydrogens is 416 g/mol. The molecule has 2 N–H and O–H groups in total. The Morgan fingerprint density at radius 1 is 1.00 bits per heavy atom. The summed E-state index contributed by atoms with van der Waals surface area (Å²) in [6.45, 7) is 0. The first-order valence-corrected chi connectivity index (χ1v) is 11.1. The van der Waals surface area contributed by atoms with Crippen LogP contribution in [-0.2, 0) is 16.4 Å². The van der Waals surface area contributed by atoms with Crippen LogP contribution in [0.5, 0.6) is 0 Å². The van der Waals surface area contributed by atoms with Gasteiger partial charge in [0.1, 0.15) is 5.69 Å². The molecule has 5 nitrogen and oxygen atoms in total. The quantitative estimate of drug-likeness (QED) is 0.484. The molecule has 0 amide bonds. The third-order valence-corrected chi connectivity index (χ3v) is 6.32. The van der Waals surface area contributed by atoms with Crippen molar-refractivity contribution in [2.45, 2.75) is 11.3 Å². The first-order valence-electron chi connectivity index (χ1n) is 8.33. The lowest BCUT2D eigenvalue weighted by molar-refractivity contribution is 0.518. The molecule has 4 rings (SSSR count). The van der Waals surface area contributed by atoms with Crippen molar-refractivity contribution in [2.75, 3.05) is 0 Å². The van der Waals surface area contributed by atoms with Crippen LogP contribution in [-0.4, -0.2) is 13.4 Å². The predicted octanol–water partition coefficient (Wildman–Crippen LogP) is 4.96. The summed E-state index contributed by atoms with van der Waals surface area (Å²) in [5.74, 6) is 0.832. The minimum atomic E-state index is -3.94. The molecule has 0 aliphatic rings. The Morgan fingerprint density at radius 2 is 1.71 bits per heavy atom. The number of aromatic nitrogens is 1. The molecule has 2 aromatic carbocycles. The van der Waals surface area contributed by atoms with E-state index in [-0.39, 0.29) is 4.90 Å². The molecule has 2 heterocycles.